The number of carbonyl (C=O) groups excluding carboxylic acids is 3. The lowest BCUT2D eigenvalue weighted by atomic mass is 9.91. The van der Waals surface area contributed by atoms with E-state index in [1.165, 1.54) is 0 Å². The van der Waals surface area contributed by atoms with E-state index in [2.05, 4.69) is 10.6 Å². The van der Waals surface area contributed by atoms with Crippen LogP contribution in [0, 0.1) is 5.41 Å². The van der Waals surface area contributed by atoms with Crippen molar-refractivity contribution < 1.29 is 19.1 Å². The Bertz CT molecular complexity index is 1100. The van der Waals surface area contributed by atoms with Crippen molar-refractivity contribution in [3.05, 3.63) is 71.3 Å². The molecule has 1 aliphatic rings. The van der Waals surface area contributed by atoms with Gasteiger partial charge in [0.1, 0.15) is 0 Å². The minimum atomic E-state index is -0.732. The Labute approximate surface area is 207 Å². The van der Waals surface area contributed by atoms with E-state index in [0.29, 0.717) is 35.5 Å². The van der Waals surface area contributed by atoms with Crippen LogP contribution >= 0.6 is 0 Å². The fraction of sp³-hybridized carbons (Fsp3) is 0.393. The summed E-state index contributed by atoms with van der Waals surface area (Å²) < 4.78 is 5.45. The van der Waals surface area contributed by atoms with Crippen LogP contribution in [0.3, 0.4) is 0 Å². The summed E-state index contributed by atoms with van der Waals surface area (Å²) in [6.07, 6.45) is 1.09. The Balaban J connectivity index is 2.11. The Morgan fingerprint density at radius 1 is 1.06 bits per heavy atom. The number of nitrogens with one attached hydrogen (secondary N) is 2. The molecule has 3 rings (SSSR count). The van der Waals surface area contributed by atoms with Gasteiger partial charge in [-0.1, -0.05) is 70.2 Å². The molecule has 3 amide bonds. The van der Waals surface area contributed by atoms with Crippen molar-refractivity contribution in [2.24, 2.45) is 5.41 Å². The van der Waals surface area contributed by atoms with Crippen LogP contribution in [0.4, 0.5) is 10.5 Å². The first-order valence-electron chi connectivity index (χ1n) is 12.1. The summed E-state index contributed by atoms with van der Waals surface area (Å²) in [4.78, 5) is 40.7. The van der Waals surface area contributed by atoms with E-state index in [0.717, 1.165) is 12.0 Å². The lowest BCUT2D eigenvalue weighted by molar-refractivity contribution is -0.139. The monoisotopic (exact) mass is 477 g/mol. The standard InChI is InChI=1S/C28H35N3O4/c1-6-16-31-25(19-12-9-8-10-13-19)23(26(33)35-7-2)24(30-27(31)34)20-14-11-15-21(17-20)29-22(32)18-28(3,4)5/h8-15,17,24H,6-7,16,18H2,1-5H3,(H,29,32)(H,30,34). The maximum absolute atomic E-state index is 13.3. The summed E-state index contributed by atoms with van der Waals surface area (Å²) in [5.41, 5.74) is 2.81. The van der Waals surface area contributed by atoms with Gasteiger partial charge in [0.2, 0.25) is 5.91 Å². The second-order valence-electron chi connectivity index (χ2n) is 9.79. The molecule has 0 aliphatic carbocycles. The van der Waals surface area contributed by atoms with Crippen molar-refractivity contribution in [2.75, 3.05) is 18.5 Å². The summed E-state index contributed by atoms with van der Waals surface area (Å²) in [6.45, 7) is 10.4. The third-order valence-corrected chi connectivity index (χ3v) is 5.51. The van der Waals surface area contributed by atoms with Crippen molar-refractivity contribution in [1.82, 2.24) is 10.2 Å². The average molecular weight is 478 g/mol. The van der Waals surface area contributed by atoms with Gasteiger partial charge in [-0.3, -0.25) is 9.69 Å². The number of esters is 1. The van der Waals surface area contributed by atoms with Gasteiger partial charge in [0.25, 0.3) is 0 Å². The van der Waals surface area contributed by atoms with Gasteiger partial charge in [0, 0.05) is 18.7 Å². The number of ether oxygens (including phenoxy) is 1. The molecule has 0 aromatic heterocycles. The molecule has 7 nitrogen and oxygen atoms in total. The summed E-state index contributed by atoms with van der Waals surface area (Å²) >= 11 is 0. The minimum Gasteiger partial charge on any atom is -0.463 e. The molecule has 0 spiro atoms. The van der Waals surface area contributed by atoms with Gasteiger partial charge in [0.05, 0.1) is 23.9 Å². The zero-order valence-corrected chi connectivity index (χ0v) is 21.2. The molecule has 1 atom stereocenters. The zero-order valence-electron chi connectivity index (χ0n) is 21.2. The van der Waals surface area contributed by atoms with E-state index in [4.69, 9.17) is 4.74 Å². The molecular formula is C28H35N3O4. The third-order valence-electron chi connectivity index (χ3n) is 5.51. The number of anilines is 1. The molecule has 0 saturated heterocycles. The first-order valence-corrected chi connectivity index (χ1v) is 12.1. The van der Waals surface area contributed by atoms with E-state index in [9.17, 15) is 14.4 Å². The van der Waals surface area contributed by atoms with Gasteiger partial charge in [-0.2, -0.15) is 0 Å². The predicted octanol–water partition coefficient (Wildman–Crippen LogP) is 5.51. The second kappa shape index (κ2) is 11.2. The molecule has 2 N–H and O–H groups in total. The van der Waals surface area contributed by atoms with Crippen LogP contribution in [0.1, 0.15) is 64.6 Å². The number of nitrogens with zero attached hydrogens (tertiary/aromatic N) is 1. The highest BCUT2D eigenvalue weighted by atomic mass is 16.5. The molecule has 186 valence electrons. The molecule has 2 aromatic carbocycles. The highest BCUT2D eigenvalue weighted by Gasteiger charge is 2.38. The van der Waals surface area contributed by atoms with Crippen LogP contribution in [0.15, 0.2) is 60.2 Å². The van der Waals surface area contributed by atoms with Gasteiger partial charge in [-0.25, -0.2) is 9.59 Å². The molecule has 0 saturated carbocycles. The van der Waals surface area contributed by atoms with E-state index >= 15 is 0 Å². The highest BCUT2D eigenvalue weighted by molar-refractivity contribution is 6.04. The number of hydrogen-bond acceptors (Lipinski definition) is 4. The molecule has 1 heterocycles. The molecule has 35 heavy (non-hydrogen) atoms. The second-order valence-corrected chi connectivity index (χ2v) is 9.79. The zero-order chi connectivity index (χ0) is 25.6. The summed E-state index contributed by atoms with van der Waals surface area (Å²) in [7, 11) is 0. The van der Waals surface area contributed by atoms with Crippen molar-refractivity contribution >= 4 is 29.3 Å². The molecular weight excluding hydrogens is 442 g/mol. The van der Waals surface area contributed by atoms with Crippen LogP contribution in [0.5, 0.6) is 0 Å². The average Bonchev–Trinajstić information content (AvgIpc) is 2.79. The summed E-state index contributed by atoms with van der Waals surface area (Å²) in [5.74, 6) is -0.581. The fourth-order valence-electron chi connectivity index (χ4n) is 4.16. The van der Waals surface area contributed by atoms with Crippen molar-refractivity contribution in [3.63, 3.8) is 0 Å². The molecule has 0 fully saturated rings. The van der Waals surface area contributed by atoms with Crippen LogP contribution in [0.25, 0.3) is 5.70 Å². The Kier molecular flexibility index (Phi) is 8.33. The van der Waals surface area contributed by atoms with Gasteiger partial charge < -0.3 is 15.4 Å². The molecule has 1 aliphatic heterocycles. The Morgan fingerprint density at radius 2 is 1.77 bits per heavy atom. The SMILES string of the molecule is CCCN1C(=O)NC(c2cccc(NC(=O)CC(C)(C)C)c2)C(C(=O)OCC)=C1c1ccccc1. The molecule has 2 aromatic rings. The number of rotatable bonds is 8. The van der Waals surface area contributed by atoms with Crippen LogP contribution in [-0.4, -0.2) is 36.0 Å². The van der Waals surface area contributed by atoms with E-state index in [1.807, 2.05) is 64.1 Å². The topological polar surface area (TPSA) is 87.7 Å². The van der Waals surface area contributed by atoms with Gasteiger partial charge in [-0.05, 0) is 42.0 Å². The Morgan fingerprint density at radius 3 is 2.40 bits per heavy atom. The number of amides is 3. The maximum Gasteiger partial charge on any atom is 0.338 e. The van der Waals surface area contributed by atoms with Crippen molar-refractivity contribution in [2.45, 2.75) is 53.5 Å². The number of urea groups is 1. The highest BCUT2D eigenvalue weighted by Crippen LogP contribution is 2.37. The lowest BCUT2D eigenvalue weighted by Crippen LogP contribution is -2.48. The fourth-order valence-corrected chi connectivity index (χ4v) is 4.16. The van der Waals surface area contributed by atoms with Crippen LogP contribution in [-0.2, 0) is 14.3 Å². The van der Waals surface area contributed by atoms with E-state index < -0.39 is 12.0 Å². The number of carbonyl (C=O) groups is 3. The minimum absolute atomic E-state index is 0.0948. The van der Waals surface area contributed by atoms with Crippen molar-refractivity contribution in [1.29, 1.82) is 0 Å². The summed E-state index contributed by atoms with van der Waals surface area (Å²) in [6, 6.07) is 15.6. The maximum atomic E-state index is 13.3. The molecule has 0 bridgehead atoms. The smallest absolute Gasteiger partial charge is 0.338 e. The van der Waals surface area contributed by atoms with E-state index in [1.54, 1.807) is 30.0 Å². The number of benzene rings is 2. The van der Waals surface area contributed by atoms with Gasteiger partial charge in [-0.15, -0.1) is 0 Å². The van der Waals surface area contributed by atoms with Crippen molar-refractivity contribution in [3.8, 4) is 0 Å². The Hall–Kier alpha value is -3.61. The normalized spacial score (nSPS) is 16.1. The predicted molar refractivity (Wildman–Crippen MR) is 137 cm³/mol. The van der Waals surface area contributed by atoms with Crippen LogP contribution in [0.2, 0.25) is 0 Å². The quantitative estimate of drug-likeness (QED) is 0.491. The van der Waals surface area contributed by atoms with Crippen LogP contribution < -0.4 is 10.6 Å². The molecule has 0 radical (unpaired) electrons. The summed E-state index contributed by atoms with van der Waals surface area (Å²) in [5, 5.41) is 5.93. The van der Waals surface area contributed by atoms with E-state index in [-0.39, 0.29) is 24.0 Å². The van der Waals surface area contributed by atoms with Gasteiger partial charge in [0.15, 0.2) is 0 Å². The van der Waals surface area contributed by atoms with Gasteiger partial charge >= 0.3 is 12.0 Å². The first kappa shape index (κ1) is 26.0. The lowest BCUT2D eigenvalue weighted by Gasteiger charge is -2.37. The largest absolute Gasteiger partial charge is 0.463 e. The third kappa shape index (κ3) is 6.50. The molecule has 1 unspecified atom stereocenters. The number of hydrogen-bond donors (Lipinski definition) is 2. The molecule has 7 heteroatoms. The first-order chi connectivity index (χ1) is 16.6.